The standard InChI is InChI=1S/C13H16N4O2/c1-9-5-6-15-17(9)8-10-3-4-11(13(14)16-18)12(7-10)19-2/h3-7,18H,8H2,1-2H3,(H2,14,16). The molecule has 6 nitrogen and oxygen atoms in total. The molecule has 0 fully saturated rings. The van der Waals surface area contributed by atoms with Crippen molar-refractivity contribution in [3.63, 3.8) is 0 Å². The van der Waals surface area contributed by atoms with Crippen LogP contribution in [0.1, 0.15) is 16.8 Å². The van der Waals surface area contributed by atoms with Crippen molar-refractivity contribution < 1.29 is 9.94 Å². The average molecular weight is 260 g/mol. The molecule has 0 bridgehead atoms. The second kappa shape index (κ2) is 5.43. The Labute approximate surface area is 111 Å². The highest BCUT2D eigenvalue weighted by molar-refractivity contribution is 5.99. The molecule has 1 aromatic carbocycles. The summed E-state index contributed by atoms with van der Waals surface area (Å²) in [5.41, 5.74) is 8.25. The number of nitrogens with zero attached hydrogens (tertiary/aromatic N) is 3. The average Bonchev–Trinajstić information content (AvgIpc) is 2.83. The lowest BCUT2D eigenvalue weighted by Crippen LogP contribution is -2.15. The highest BCUT2D eigenvalue weighted by Gasteiger charge is 2.09. The summed E-state index contributed by atoms with van der Waals surface area (Å²) in [6, 6.07) is 7.47. The molecule has 6 heteroatoms. The van der Waals surface area contributed by atoms with Crippen molar-refractivity contribution in [2.75, 3.05) is 7.11 Å². The molecule has 2 rings (SSSR count). The number of amidine groups is 1. The van der Waals surface area contributed by atoms with Crippen molar-refractivity contribution in [2.24, 2.45) is 10.9 Å². The maximum atomic E-state index is 8.71. The minimum Gasteiger partial charge on any atom is -0.496 e. The third kappa shape index (κ3) is 2.67. The van der Waals surface area contributed by atoms with Gasteiger partial charge in [0, 0.05) is 11.9 Å². The Hall–Kier alpha value is -2.50. The summed E-state index contributed by atoms with van der Waals surface area (Å²) in [5.74, 6) is 0.594. The fourth-order valence-corrected chi connectivity index (χ4v) is 1.84. The van der Waals surface area contributed by atoms with Gasteiger partial charge in [-0.3, -0.25) is 4.68 Å². The topological polar surface area (TPSA) is 85.7 Å². The Balaban J connectivity index is 2.32. The van der Waals surface area contributed by atoms with Gasteiger partial charge in [-0.1, -0.05) is 11.2 Å². The summed E-state index contributed by atoms with van der Waals surface area (Å²) in [6.07, 6.45) is 1.76. The zero-order valence-corrected chi connectivity index (χ0v) is 10.9. The first-order valence-electron chi connectivity index (χ1n) is 5.79. The monoisotopic (exact) mass is 260 g/mol. The van der Waals surface area contributed by atoms with E-state index in [9.17, 15) is 0 Å². The molecule has 100 valence electrons. The molecule has 0 aliphatic carbocycles. The van der Waals surface area contributed by atoms with Crippen LogP contribution < -0.4 is 10.5 Å². The van der Waals surface area contributed by atoms with Crippen LogP contribution >= 0.6 is 0 Å². The Morgan fingerprint density at radius 1 is 1.47 bits per heavy atom. The molecule has 0 saturated heterocycles. The molecule has 3 N–H and O–H groups in total. The molecule has 0 radical (unpaired) electrons. The molecule has 0 spiro atoms. The van der Waals surface area contributed by atoms with Crippen molar-refractivity contribution in [1.29, 1.82) is 0 Å². The Morgan fingerprint density at radius 2 is 2.26 bits per heavy atom. The molecule has 0 unspecified atom stereocenters. The number of aryl methyl sites for hydroxylation is 1. The van der Waals surface area contributed by atoms with E-state index in [-0.39, 0.29) is 5.84 Å². The van der Waals surface area contributed by atoms with Gasteiger partial charge in [0.05, 0.1) is 19.2 Å². The number of benzene rings is 1. The van der Waals surface area contributed by atoms with E-state index in [0.29, 0.717) is 17.9 Å². The molecular weight excluding hydrogens is 244 g/mol. The Bertz CT molecular complexity index is 604. The van der Waals surface area contributed by atoms with Gasteiger partial charge >= 0.3 is 0 Å². The molecule has 0 aliphatic rings. The molecule has 0 aliphatic heterocycles. The maximum Gasteiger partial charge on any atom is 0.173 e. The summed E-state index contributed by atoms with van der Waals surface area (Å²) in [4.78, 5) is 0. The van der Waals surface area contributed by atoms with Crippen LogP contribution in [-0.4, -0.2) is 27.9 Å². The largest absolute Gasteiger partial charge is 0.496 e. The number of aromatic nitrogens is 2. The van der Waals surface area contributed by atoms with Gasteiger partial charge in [0.1, 0.15) is 5.75 Å². The van der Waals surface area contributed by atoms with Gasteiger partial charge in [-0.25, -0.2) is 0 Å². The van der Waals surface area contributed by atoms with E-state index in [0.717, 1.165) is 11.3 Å². The normalized spacial score (nSPS) is 11.6. The van der Waals surface area contributed by atoms with Crippen LogP contribution in [0.15, 0.2) is 35.6 Å². The first kappa shape index (κ1) is 12.9. The number of oxime groups is 1. The summed E-state index contributed by atoms with van der Waals surface area (Å²) in [7, 11) is 1.55. The molecule has 0 amide bonds. The zero-order valence-electron chi connectivity index (χ0n) is 10.9. The van der Waals surface area contributed by atoms with Gasteiger partial charge in [0.15, 0.2) is 5.84 Å². The van der Waals surface area contributed by atoms with Gasteiger partial charge in [0.2, 0.25) is 0 Å². The van der Waals surface area contributed by atoms with E-state index in [1.165, 1.54) is 0 Å². The van der Waals surface area contributed by atoms with E-state index >= 15 is 0 Å². The van der Waals surface area contributed by atoms with Crippen LogP contribution in [0.2, 0.25) is 0 Å². The van der Waals surface area contributed by atoms with Gasteiger partial charge in [0.25, 0.3) is 0 Å². The van der Waals surface area contributed by atoms with Crippen LogP contribution in [-0.2, 0) is 6.54 Å². The summed E-state index contributed by atoms with van der Waals surface area (Å²) < 4.78 is 7.14. The van der Waals surface area contributed by atoms with Crippen LogP contribution in [0.4, 0.5) is 0 Å². The lowest BCUT2D eigenvalue weighted by atomic mass is 10.1. The minimum atomic E-state index is 0.0265. The van der Waals surface area contributed by atoms with Crippen LogP contribution in [0.5, 0.6) is 5.75 Å². The fourth-order valence-electron chi connectivity index (χ4n) is 1.84. The molecule has 2 aromatic rings. The lowest BCUT2D eigenvalue weighted by molar-refractivity contribution is 0.318. The molecule has 19 heavy (non-hydrogen) atoms. The SMILES string of the molecule is COc1cc(Cn2nccc2C)ccc1/C(N)=N/O. The summed E-state index contributed by atoms with van der Waals surface area (Å²) in [6.45, 7) is 2.64. The van der Waals surface area contributed by atoms with Crippen molar-refractivity contribution in [3.8, 4) is 5.75 Å². The van der Waals surface area contributed by atoms with Crippen LogP contribution in [0, 0.1) is 6.92 Å². The molecule has 0 atom stereocenters. The lowest BCUT2D eigenvalue weighted by Gasteiger charge is -2.10. The van der Waals surface area contributed by atoms with E-state index < -0.39 is 0 Å². The number of hydrogen-bond donors (Lipinski definition) is 2. The van der Waals surface area contributed by atoms with Crippen molar-refractivity contribution >= 4 is 5.84 Å². The third-order valence-electron chi connectivity index (χ3n) is 2.91. The van der Waals surface area contributed by atoms with Crippen molar-refractivity contribution in [3.05, 3.63) is 47.3 Å². The maximum absolute atomic E-state index is 8.71. The Kier molecular flexibility index (Phi) is 3.70. The smallest absolute Gasteiger partial charge is 0.173 e. The molecule has 1 heterocycles. The number of methoxy groups -OCH3 is 1. The third-order valence-corrected chi connectivity index (χ3v) is 2.91. The zero-order chi connectivity index (χ0) is 13.8. The molecule has 0 saturated carbocycles. The number of hydrogen-bond acceptors (Lipinski definition) is 4. The minimum absolute atomic E-state index is 0.0265. The van der Waals surface area contributed by atoms with Gasteiger partial charge in [-0.05, 0) is 30.7 Å². The predicted octanol–water partition coefficient (Wildman–Crippen LogP) is 1.34. The summed E-state index contributed by atoms with van der Waals surface area (Å²) in [5, 5.41) is 15.9. The van der Waals surface area contributed by atoms with Gasteiger partial charge in [-0.15, -0.1) is 0 Å². The van der Waals surface area contributed by atoms with E-state index in [1.807, 2.05) is 29.8 Å². The molecular formula is C13H16N4O2. The van der Waals surface area contributed by atoms with E-state index in [4.69, 9.17) is 15.7 Å². The fraction of sp³-hybridized carbons (Fsp3) is 0.231. The first-order chi connectivity index (χ1) is 9.15. The number of ether oxygens (including phenoxy) is 1. The van der Waals surface area contributed by atoms with Gasteiger partial charge in [-0.2, -0.15) is 5.10 Å². The summed E-state index contributed by atoms with van der Waals surface area (Å²) >= 11 is 0. The van der Waals surface area contributed by atoms with E-state index in [1.54, 1.807) is 19.4 Å². The highest BCUT2D eigenvalue weighted by Crippen LogP contribution is 2.20. The quantitative estimate of drug-likeness (QED) is 0.376. The van der Waals surface area contributed by atoms with Crippen molar-refractivity contribution in [1.82, 2.24) is 9.78 Å². The molecule has 1 aromatic heterocycles. The second-order valence-electron chi connectivity index (χ2n) is 4.15. The van der Waals surface area contributed by atoms with E-state index in [2.05, 4.69) is 10.3 Å². The predicted molar refractivity (Wildman–Crippen MR) is 71.6 cm³/mol. The number of nitrogens with two attached hydrogens (primary N) is 1. The first-order valence-corrected chi connectivity index (χ1v) is 5.79. The van der Waals surface area contributed by atoms with Gasteiger partial charge < -0.3 is 15.7 Å². The Morgan fingerprint density at radius 3 is 2.84 bits per heavy atom. The number of rotatable bonds is 4. The van der Waals surface area contributed by atoms with Crippen LogP contribution in [0.3, 0.4) is 0 Å². The van der Waals surface area contributed by atoms with Crippen LogP contribution in [0.25, 0.3) is 0 Å². The highest BCUT2D eigenvalue weighted by atomic mass is 16.5. The van der Waals surface area contributed by atoms with Crippen molar-refractivity contribution in [2.45, 2.75) is 13.5 Å². The second-order valence-corrected chi connectivity index (χ2v) is 4.15.